The minimum absolute atomic E-state index is 0.865. The van der Waals surface area contributed by atoms with Gasteiger partial charge in [0, 0.05) is 28.3 Å². The maximum atomic E-state index is 4.31. The van der Waals surface area contributed by atoms with Crippen molar-refractivity contribution in [3.8, 4) is 0 Å². The summed E-state index contributed by atoms with van der Waals surface area (Å²) in [4.78, 5) is 5.62. The summed E-state index contributed by atoms with van der Waals surface area (Å²) in [5.41, 5.74) is 0. The number of thiophene rings is 1. The van der Waals surface area contributed by atoms with Crippen LogP contribution >= 0.6 is 27.3 Å². The Morgan fingerprint density at radius 3 is 3.12 bits per heavy atom. The van der Waals surface area contributed by atoms with Crippen molar-refractivity contribution in [3.05, 3.63) is 33.2 Å². The minimum Gasteiger partial charge on any atom is -0.356 e. The van der Waals surface area contributed by atoms with Gasteiger partial charge in [0.15, 0.2) is 0 Å². The molecule has 2 rings (SSSR count). The van der Waals surface area contributed by atoms with Gasteiger partial charge >= 0.3 is 0 Å². The molecule has 0 unspecified atom stereocenters. The highest BCUT2D eigenvalue weighted by Gasteiger charge is 2.06. The van der Waals surface area contributed by atoms with Gasteiger partial charge in [-0.25, -0.2) is 4.98 Å². The Balaban J connectivity index is 2.09. The Morgan fingerprint density at radius 1 is 1.56 bits per heavy atom. The molecular formula is C11H14BrN3S. The van der Waals surface area contributed by atoms with Gasteiger partial charge in [-0.1, -0.05) is 6.92 Å². The van der Waals surface area contributed by atoms with Crippen LogP contribution in [0.1, 0.15) is 18.2 Å². The van der Waals surface area contributed by atoms with Crippen LogP contribution in [0.2, 0.25) is 0 Å². The quantitative estimate of drug-likeness (QED) is 0.914. The second-order valence-corrected chi connectivity index (χ2v) is 5.35. The molecule has 0 aliphatic heterocycles. The van der Waals surface area contributed by atoms with E-state index in [9.17, 15) is 0 Å². The number of anilines is 1. The molecule has 2 aromatic heterocycles. The van der Waals surface area contributed by atoms with Crippen LogP contribution in [0.5, 0.6) is 0 Å². The summed E-state index contributed by atoms with van der Waals surface area (Å²) in [5.74, 6) is 0.946. The molecule has 0 amide bonds. The van der Waals surface area contributed by atoms with E-state index in [-0.39, 0.29) is 0 Å². The summed E-state index contributed by atoms with van der Waals surface area (Å²) >= 11 is 5.30. The standard InChI is InChI=1S/C11H14BrN3S/c1-2-4-13-11-14-5-6-15(11)8-10-9(12)3-7-16-10/h3,5-7H,2,4,8H2,1H3,(H,13,14). The van der Waals surface area contributed by atoms with E-state index in [4.69, 9.17) is 0 Å². The first-order valence-electron chi connectivity index (χ1n) is 5.28. The van der Waals surface area contributed by atoms with E-state index in [0.717, 1.165) is 25.5 Å². The minimum atomic E-state index is 0.865. The van der Waals surface area contributed by atoms with Crippen molar-refractivity contribution in [2.24, 2.45) is 0 Å². The van der Waals surface area contributed by atoms with Crippen LogP contribution in [0.3, 0.4) is 0 Å². The number of rotatable bonds is 5. The number of hydrogen-bond acceptors (Lipinski definition) is 3. The summed E-state index contributed by atoms with van der Waals surface area (Å²) in [6.07, 6.45) is 4.94. The molecule has 3 nitrogen and oxygen atoms in total. The van der Waals surface area contributed by atoms with Crippen molar-refractivity contribution in [2.75, 3.05) is 11.9 Å². The van der Waals surface area contributed by atoms with E-state index >= 15 is 0 Å². The van der Waals surface area contributed by atoms with Crippen LogP contribution in [-0.4, -0.2) is 16.1 Å². The summed E-state index contributed by atoms with van der Waals surface area (Å²) in [6.45, 7) is 3.98. The molecule has 0 atom stereocenters. The van der Waals surface area contributed by atoms with Crippen LogP contribution in [-0.2, 0) is 6.54 Å². The van der Waals surface area contributed by atoms with Gasteiger partial charge in [-0.15, -0.1) is 11.3 Å². The third-order valence-corrected chi connectivity index (χ3v) is 4.16. The van der Waals surface area contributed by atoms with Gasteiger partial charge in [0.25, 0.3) is 0 Å². The molecule has 0 aliphatic rings. The summed E-state index contributed by atoms with van der Waals surface area (Å²) < 4.78 is 3.30. The number of imidazole rings is 1. The van der Waals surface area contributed by atoms with Crippen LogP contribution in [0.4, 0.5) is 5.95 Å². The van der Waals surface area contributed by atoms with Gasteiger partial charge in [-0.05, 0) is 33.8 Å². The lowest BCUT2D eigenvalue weighted by Crippen LogP contribution is -2.08. The summed E-state index contributed by atoms with van der Waals surface area (Å²) in [5, 5.41) is 5.41. The molecule has 5 heteroatoms. The zero-order valence-electron chi connectivity index (χ0n) is 9.11. The van der Waals surface area contributed by atoms with Gasteiger partial charge in [-0.2, -0.15) is 0 Å². The van der Waals surface area contributed by atoms with Crippen LogP contribution < -0.4 is 5.32 Å². The molecule has 0 aromatic carbocycles. The fourth-order valence-electron chi connectivity index (χ4n) is 1.43. The number of nitrogens with one attached hydrogen (secondary N) is 1. The number of aromatic nitrogens is 2. The molecule has 0 spiro atoms. The van der Waals surface area contributed by atoms with Crippen LogP contribution in [0.25, 0.3) is 0 Å². The lowest BCUT2D eigenvalue weighted by atomic mass is 10.4. The average molecular weight is 300 g/mol. The third-order valence-electron chi connectivity index (χ3n) is 2.25. The largest absolute Gasteiger partial charge is 0.356 e. The van der Waals surface area contributed by atoms with E-state index in [2.05, 4.69) is 49.2 Å². The van der Waals surface area contributed by atoms with Gasteiger partial charge in [0.1, 0.15) is 0 Å². The maximum Gasteiger partial charge on any atom is 0.203 e. The van der Waals surface area contributed by atoms with Crippen LogP contribution in [0.15, 0.2) is 28.3 Å². The van der Waals surface area contributed by atoms with E-state index in [1.165, 1.54) is 9.35 Å². The van der Waals surface area contributed by atoms with Crippen LogP contribution in [0, 0.1) is 0 Å². The van der Waals surface area contributed by atoms with Gasteiger partial charge in [-0.3, -0.25) is 0 Å². The predicted octanol–water partition coefficient (Wildman–Crippen LogP) is 3.58. The molecule has 0 bridgehead atoms. The Kier molecular flexibility index (Phi) is 4.01. The van der Waals surface area contributed by atoms with Gasteiger partial charge < -0.3 is 9.88 Å². The van der Waals surface area contributed by atoms with Crippen molar-refractivity contribution in [1.29, 1.82) is 0 Å². The maximum absolute atomic E-state index is 4.31. The Bertz CT molecular complexity index is 450. The van der Waals surface area contributed by atoms with Crippen molar-refractivity contribution in [1.82, 2.24) is 9.55 Å². The molecule has 16 heavy (non-hydrogen) atoms. The fraction of sp³-hybridized carbons (Fsp3) is 0.364. The Hall–Kier alpha value is -0.810. The SMILES string of the molecule is CCCNc1nccn1Cc1sccc1Br. The normalized spacial score (nSPS) is 10.6. The van der Waals surface area contributed by atoms with Gasteiger partial charge in [0.2, 0.25) is 5.95 Å². The topological polar surface area (TPSA) is 29.9 Å². The van der Waals surface area contributed by atoms with Crippen molar-refractivity contribution < 1.29 is 0 Å². The molecular weight excluding hydrogens is 286 g/mol. The first-order chi connectivity index (χ1) is 7.81. The highest BCUT2D eigenvalue weighted by Crippen LogP contribution is 2.24. The second-order valence-electron chi connectivity index (χ2n) is 3.50. The third kappa shape index (κ3) is 2.65. The Labute approximate surface area is 108 Å². The number of nitrogens with zero attached hydrogens (tertiary/aromatic N) is 2. The highest BCUT2D eigenvalue weighted by molar-refractivity contribution is 9.10. The van der Waals surface area contributed by atoms with E-state index in [1.54, 1.807) is 11.3 Å². The lowest BCUT2D eigenvalue weighted by Gasteiger charge is -2.08. The smallest absolute Gasteiger partial charge is 0.203 e. The lowest BCUT2D eigenvalue weighted by molar-refractivity contribution is 0.801. The molecule has 2 aromatic rings. The van der Waals surface area contributed by atoms with Gasteiger partial charge in [0.05, 0.1) is 6.54 Å². The van der Waals surface area contributed by atoms with Crippen molar-refractivity contribution >= 4 is 33.2 Å². The van der Waals surface area contributed by atoms with E-state index in [0.29, 0.717) is 0 Å². The fourth-order valence-corrected chi connectivity index (χ4v) is 2.91. The predicted molar refractivity (Wildman–Crippen MR) is 72.1 cm³/mol. The number of halogens is 1. The molecule has 0 saturated heterocycles. The first kappa shape index (κ1) is 11.7. The zero-order valence-corrected chi connectivity index (χ0v) is 11.5. The van der Waals surface area contributed by atoms with E-state index < -0.39 is 0 Å². The first-order valence-corrected chi connectivity index (χ1v) is 6.95. The molecule has 86 valence electrons. The number of hydrogen-bond donors (Lipinski definition) is 1. The Morgan fingerprint density at radius 2 is 2.44 bits per heavy atom. The summed E-state index contributed by atoms with van der Waals surface area (Å²) in [6, 6.07) is 2.08. The van der Waals surface area contributed by atoms with Crippen molar-refractivity contribution in [3.63, 3.8) is 0 Å². The molecule has 0 fully saturated rings. The summed E-state index contributed by atoms with van der Waals surface area (Å²) in [7, 11) is 0. The molecule has 0 radical (unpaired) electrons. The van der Waals surface area contributed by atoms with E-state index in [1.807, 2.05) is 12.4 Å². The molecule has 2 heterocycles. The second kappa shape index (κ2) is 5.50. The zero-order chi connectivity index (χ0) is 11.4. The highest BCUT2D eigenvalue weighted by atomic mass is 79.9. The molecule has 1 N–H and O–H groups in total. The molecule has 0 saturated carbocycles. The van der Waals surface area contributed by atoms with Crippen molar-refractivity contribution in [2.45, 2.75) is 19.9 Å². The monoisotopic (exact) mass is 299 g/mol. The average Bonchev–Trinajstić information content (AvgIpc) is 2.87. The molecule has 0 aliphatic carbocycles.